The fraction of sp³-hybridized carbons (Fsp3) is 0.450. The summed E-state index contributed by atoms with van der Waals surface area (Å²) in [5.41, 5.74) is 2.82. The summed E-state index contributed by atoms with van der Waals surface area (Å²) in [4.78, 5) is 16.4. The summed E-state index contributed by atoms with van der Waals surface area (Å²) in [6.07, 6.45) is 5.66. The molecule has 2 aliphatic heterocycles. The predicted molar refractivity (Wildman–Crippen MR) is 102 cm³/mol. The highest BCUT2D eigenvalue weighted by Gasteiger charge is 2.26. The Morgan fingerprint density at radius 3 is 2.56 bits per heavy atom. The van der Waals surface area contributed by atoms with Crippen molar-refractivity contribution in [2.75, 3.05) is 31.2 Å². The summed E-state index contributed by atoms with van der Waals surface area (Å²) in [6, 6.07) is 7.56. The minimum absolute atomic E-state index is 0.0884. The van der Waals surface area contributed by atoms with Crippen molar-refractivity contribution in [3.8, 4) is 0 Å². The van der Waals surface area contributed by atoms with E-state index in [2.05, 4.69) is 18.7 Å². The number of benzene rings is 1. The van der Waals surface area contributed by atoms with Crippen LogP contribution in [0.5, 0.6) is 0 Å². The zero-order valence-corrected chi connectivity index (χ0v) is 15.2. The van der Waals surface area contributed by atoms with Crippen LogP contribution in [0.15, 0.2) is 42.5 Å². The van der Waals surface area contributed by atoms with Gasteiger partial charge in [0.2, 0.25) is 5.91 Å². The molecule has 1 aromatic rings. The Balaban J connectivity index is 1.71. The third-order valence-corrected chi connectivity index (χ3v) is 4.74. The Bertz CT molecular complexity index is 688. The maximum absolute atomic E-state index is 12.3. The van der Waals surface area contributed by atoms with Crippen LogP contribution in [0.1, 0.15) is 26.3 Å². The molecule has 1 fully saturated rings. The van der Waals surface area contributed by atoms with Crippen molar-refractivity contribution in [2.24, 2.45) is 5.92 Å². The van der Waals surface area contributed by atoms with Gasteiger partial charge in [0, 0.05) is 49.2 Å². The van der Waals surface area contributed by atoms with Gasteiger partial charge in [-0.3, -0.25) is 4.79 Å². The van der Waals surface area contributed by atoms with Gasteiger partial charge in [0.1, 0.15) is 0 Å². The van der Waals surface area contributed by atoms with E-state index in [4.69, 9.17) is 0 Å². The number of carbonyl (C=O) groups is 1. The van der Waals surface area contributed by atoms with Crippen LogP contribution in [0.4, 0.5) is 5.69 Å². The zero-order valence-electron chi connectivity index (χ0n) is 15.2. The monoisotopic (exact) mass is 340 g/mol. The van der Waals surface area contributed by atoms with Gasteiger partial charge in [0.25, 0.3) is 0 Å². The average Bonchev–Trinajstić information content (AvgIpc) is 2.63. The standard InChI is InChI=1S/C20H26N3O2/c1-15(2)8-9-20(24)22-12-10-21(11-13-22)19-14-16(3)23(25)18-7-5-4-6-17(18)19/h4-9,14-16H,10-13H2,1-3H3/q-1/b9-8+. The van der Waals surface area contributed by atoms with E-state index in [9.17, 15) is 10.0 Å². The quantitative estimate of drug-likeness (QED) is 0.794. The lowest BCUT2D eigenvalue weighted by atomic mass is 10.0. The second-order valence-corrected chi connectivity index (χ2v) is 7.05. The van der Waals surface area contributed by atoms with E-state index in [0.29, 0.717) is 19.0 Å². The smallest absolute Gasteiger partial charge is 0.246 e. The molecular weight excluding hydrogens is 314 g/mol. The van der Waals surface area contributed by atoms with E-state index in [1.807, 2.05) is 48.2 Å². The first-order valence-corrected chi connectivity index (χ1v) is 8.97. The van der Waals surface area contributed by atoms with Crippen molar-refractivity contribution in [2.45, 2.75) is 26.8 Å². The number of hydrogen-bond donors (Lipinski definition) is 0. The van der Waals surface area contributed by atoms with Crippen LogP contribution in [0.25, 0.3) is 5.70 Å². The number of carbonyl (C=O) groups excluding carboxylic acids is 1. The van der Waals surface area contributed by atoms with E-state index in [0.717, 1.165) is 35.1 Å². The number of rotatable bonds is 3. The molecule has 3 rings (SSSR count). The van der Waals surface area contributed by atoms with Gasteiger partial charge < -0.3 is 20.1 Å². The second-order valence-electron chi connectivity index (χ2n) is 7.05. The summed E-state index contributed by atoms with van der Waals surface area (Å²) in [6.45, 7) is 9.02. The Hall–Kier alpha value is -2.27. The highest BCUT2D eigenvalue weighted by molar-refractivity contribution is 5.88. The molecule has 5 heteroatoms. The highest BCUT2D eigenvalue weighted by atomic mass is 16.5. The van der Waals surface area contributed by atoms with Gasteiger partial charge in [-0.1, -0.05) is 38.1 Å². The Labute approximate surface area is 149 Å². The van der Waals surface area contributed by atoms with Crippen molar-refractivity contribution in [1.82, 2.24) is 9.80 Å². The van der Waals surface area contributed by atoms with Gasteiger partial charge in [-0.25, -0.2) is 0 Å². The first kappa shape index (κ1) is 17.5. The summed E-state index contributed by atoms with van der Waals surface area (Å²) in [5.74, 6) is 0.469. The topological polar surface area (TPSA) is 49.9 Å². The SMILES string of the molecule is CC(C)/C=C/C(=O)N1CCN(C2=CC(C)N([O-])c3ccccc32)CC1. The summed E-state index contributed by atoms with van der Waals surface area (Å²) < 4.78 is 0. The number of fused-ring (bicyclic) bond motifs is 1. The van der Waals surface area contributed by atoms with Gasteiger partial charge in [-0.2, -0.15) is 0 Å². The molecule has 1 aromatic carbocycles. The Morgan fingerprint density at radius 2 is 1.88 bits per heavy atom. The molecule has 0 aromatic heterocycles. The molecule has 1 saturated heterocycles. The number of nitrogens with zero attached hydrogens (tertiary/aromatic N) is 3. The summed E-state index contributed by atoms with van der Waals surface area (Å²) in [7, 11) is 0. The molecule has 134 valence electrons. The van der Waals surface area contributed by atoms with Crippen LogP contribution in [0.2, 0.25) is 0 Å². The molecule has 2 heterocycles. The lowest BCUT2D eigenvalue weighted by Crippen LogP contribution is -2.48. The molecule has 0 aliphatic carbocycles. The number of piperazine rings is 1. The van der Waals surface area contributed by atoms with Crippen LogP contribution in [0, 0.1) is 11.1 Å². The van der Waals surface area contributed by atoms with Gasteiger partial charge in [-0.15, -0.1) is 0 Å². The number of para-hydroxylation sites is 1. The average molecular weight is 340 g/mol. The minimum atomic E-state index is -0.182. The van der Waals surface area contributed by atoms with Crippen LogP contribution in [-0.4, -0.2) is 47.9 Å². The lowest BCUT2D eigenvalue weighted by Gasteiger charge is -2.45. The Kier molecular flexibility index (Phi) is 5.13. The van der Waals surface area contributed by atoms with Gasteiger partial charge in [-0.05, 0) is 31.1 Å². The number of hydroxylamine groups is 1. The number of anilines is 1. The highest BCUT2D eigenvalue weighted by Crippen LogP contribution is 2.35. The van der Waals surface area contributed by atoms with Crippen molar-refractivity contribution in [1.29, 1.82) is 0 Å². The molecule has 2 aliphatic rings. The van der Waals surface area contributed by atoms with E-state index in [1.165, 1.54) is 0 Å². The molecule has 0 radical (unpaired) electrons. The van der Waals surface area contributed by atoms with E-state index < -0.39 is 0 Å². The third kappa shape index (κ3) is 3.71. The molecule has 0 saturated carbocycles. The molecule has 0 spiro atoms. The van der Waals surface area contributed by atoms with Crippen LogP contribution in [-0.2, 0) is 4.79 Å². The van der Waals surface area contributed by atoms with Crippen molar-refractivity contribution < 1.29 is 4.79 Å². The molecule has 0 N–H and O–H groups in total. The van der Waals surface area contributed by atoms with Crippen molar-refractivity contribution in [3.63, 3.8) is 0 Å². The summed E-state index contributed by atoms with van der Waals surface area (Å²) in [5, 5.41) is 13.4. The normalized spacial score (nSPS) is 20.9. The van der Waals surface area contributed by atoms with Crippen molar-refractivity contribution >= 4 is 17.3 Å². The van der Waals surface area contributed by atoms with Gasteiger partial charge in [0.05, 0.1) is 0 Å². The molecule has 5 nitrogen and oxygen atoms in total. The molecule has 0 bridgehead atoms. The predicted octanol–water partition coefficient (Wildman–Crippen LogP) is 3.09. The fourth-order valence-electron chi connectivity index (χ4n) is 3.31. The van der Waals surface area contributed by atoms with Crippen molar-refractivity contribution in [3.05, 3.63) is 53.3 Å². The van der Waals surface area contributed by atoms with E-state index in [-0.39, 0.29) is 11.9 Å². The number of amides is 1. The summed E-state index contributed by atoms with van der Waals surface area (Å²) >= 11 is 0. The van der Waals surface area contributed by atoms with E-state index >= 15 is 0 Å². The first-order chi connectivity index (χ1) is 12.0. The maximum atomic E-state index is 12.3. The molecular formula is C20H26N3O2-. The molecule has 1 atom stereocenters. The van der Waals surface area contributed by atoms with E-state index in [1.54, 1.807) is 6.08 Å². The van der Waals surface area contributed by atoms with Crippen LogP contribution < -0.4 is 5.06 Å². The number of allylic oxidation sites excluding steroid dienone is 1. The molecule has 25 heavy (non-hydrogen) atoms. The lowest BCUT2D eigenvalue weighted by molar-refractivity contribution is -0.127. The largest absolute Gasteiger partial charge is 0.758 e. The second kappa shape index (κ2) is 7.31. The fourth-order valence-corrected chi connectivity index (χ4v) is 3.31. The Morgan fingerprint density at radius 1 is 1.20 bits per heavy atom. The van der Waals surface area contributed by atoms with Crippen LogP contribution in [0.3, 0.4) is 0 Å². The van der Waals surface area contributed by atoms with Crippen LogP contribution >= 0.6 is 0 Å². The van der Waals surface area contributed by atoms with Gasteiger partial charge >= 0.3 is 0 Å². The molecule has 1 unspecified atom stereocenters. The zero-order chi connectivity index (χ0) is 18.0. The number of hydrogen-bond acceptors (Lipinski definition) is 4. The van der Waals surface area contributed by atoms with Gasteiger partial charge in [0.15, 0.2) is 0 Å². The third-order valence-electron chi connectivity index (χ3n) is 4.74. The molecule has 1 amide bonds. The first-order valence-electron chi connectivity index (χ1n) is 8.97. The minimum Gasteiger partial charge on any atom is -0.758 e. The maximum Gasteiger partial charge on any atom is 0.246 e.